The van der Waals surface area contributed by atoms with Crippen LogP contribution in [0.2, 0.25) is 0 Å². The lowest BCUT2D eigenvalue weighted by Gasteiger charge is -2.14. The number of nitrogens with one attached hydrogen (secondary N) is 1. The summed E-state index contributed by atoms with van der Waals surface area (Å²) in [4.78, 5) is 2.26. The largest absolute Gasteiger partial charge is 0.463 e. The maximum Gasteiger partial charge on any atom is 0.120 e. The molecule has 0 bridgehead atoms. The van der Waals surface area contributed by atoms with E-state index in [1.54, 1.807) is 7.11 Å². The Labute approximate surface area is 110 Å². The van der Waals surface area contributed by atoms with E-state index < -0.39 is 0 Å². The first kappa shape index (κ1) is 15.2. The molecule has 1 heterocycles. The summed E-state index contributed by atoms with van der Waals surface area (Å²) in [5.74, 6) is 2.09. The minimum atomic E-state index is 0.813. The molecule has 0 spiro atoms. The first-order valence-corrected chi connectivity index (χ1v) is 6.63. The number of ether oxygens (including phenoxy) is 1. The van der Waals surface area contributed by atoms with Crippen LogP contribution >= 0.6 is 0 Å². The number of hydrogen-bond donors (Lipinski definition) is 1. The fourth-order valence-corrected chi connectivity index (χ4v) is 1.91. The molecular weight excluding hydrogens is 228 g/mol. The van der Waals surface area contributed by atoms with Crippen molar-refractivity contribution in [3.63, 3.8) is 0 Å². The Morgan fingerprint density at radius 3 is 2.89 bits per heavy atom. The molecule has 0 radical (unpaired) electrons. The van der Waals surface area contributed by atoms with Gasteiger partial charge in [0.1, 0.15) is 11.5 Å². The number of furan rings is 1. The van der Waals surface area contributed by atoms with E-state index in [0.717, 1.165) is 50.7 Å². The van der Waals surface area contributed by atoms with Crippen LogP contribution in [0, 0.1) is 6.92 Å². The van der Waals surface area contributed by atoms with Crippen molar-refractivity contribution in [1.82, 2.24) is 10.2 Å². The molecule has 0 amide bonds. The van der Waals surface area contributed by atoms with Crippen LogP contribution in [-0.2, 0) is 17.8 Å². The van der Waals surface area contributed by atoms with Crippen molar-refractivity contribution in [3.05, 3.63) is 23.2 Å². The molecule has 0 atom stereocenters. The van der Waals surface area contributed by atoms with Gasteiger partial charge >= 0.3 is 0 Å². The van der Waals surface area contributed by atoms with E-state index >= 15 is 0 Å². The Kier molecular flexibility index (Phi) is 7.01. The number of rotatable bonds is 9. The average molecular weight is 254 g/mol. The van der Waals surface area contributed by atoms with Gasteiger partial charge in [-0.05, 0) is 38.6 Å². The standard InChI is InChI=1S/C14H26N2O2/c1-5-15-10-14-12(2)9-13(18-14)11-16(3)7-6-8-17-4/h9,15H,5-8,10-11H2,1-4H3. The van der Waals surface area contributed by atoms with Crippen LogP contribution in [0.4, 0.5) is 0 Å². The lowest BCUT2D eigenvalue weighted by atomic mass is 10.2. The van der Waals surface area contributed by atoms with Gasteiger partial charge in [-0.15, -0.1) is 0 Å². The SMILES string of the molecule is CCNCc1oc(CN(C)CCCOC)cc1C. The lowest BCUT2D eigenvalue weighted by Crippen LogP contribution is -2.19. The zero-order valence-corrected chi connectivity index (χ0v) is 12.1. The van der Waals surface area contributed by atoms with Gasteiger partial charge in [-0.3, -0.25) is 4.90 Å². The van der Waals surface area contributed by atoms with Gasteiger partial charge in [-0.1, -0.05) is 6.92 Å². The van der Waals surface area contributed by atoms with Crippen molar-refractivity contribution in [2.24, 2.45) is 0 Å². The molecular formula is C14H26N2O2. The molecule has 0 aliphatic heterocycles. The van der Waals surface area contributed by atoms with Gasteiger partial charge in [0.25, 0.3) is 0 Å². The fraction of sp³-hybridized carbons (Fsp3) is 0.714. The van der Waals surface area contributed by atoms with Gasteiger partial charge in [-0.2, -0.15) is 0 Å². The average Bonchev–Trinajstić information content (AvgIpc) is 2.67. The Morgan fingerprint density at radius 2 is 2.22 bits per heavy atom. The van der Waals surface area contributed by atoms with E-state index in [0.29, 0.717) is 0 Å². The summed E-state index contributed by atoms with van der Waals surface area (Å²) in [6.07, 6.45) is 1.05. The van der Waals surface area contributed by atoms with Crippen LogP contribution in [0.5, 0.6) is 0 Å². The minimum absolute atomic E-state index is 0.813. The van der Waals surface area contributed by atoms with Crippen LogP contribution in [0.15, 0.2) is 10.5 Å². The zero-order valence-electron chi connectivity index (χ0n) is 12.1. The van der Waals surface area contributed by atoms with E-state index in [1.165, 1.54) is 5.56 Å². The third-order valence-electron chi connectivity index (χ3n) is 2.92. The third kappa shape index (κ3) is 5.21. The Balaban J connectivity index is 2.41. The van der Waals surface area contributed by atoms with Crippen molar-refractivity contribution in [2.75, 3.05) is 33.9 Å². The first-order chi connectivity index (χ1) is 8.67. The molecule has 0 aromatic carbocycles. The predicted octanol–water partition coefficient (Wildman–Crippen LogP) is 2.17. The summed E-state index contributed by atoms with van der Waals surface area (Å²) in [5.41, 5.74) is 1.23. The molecule has 4 nitrogen and oxygen atoms in total. The molecule has 18 heavy (non-hydrogen) atoms. The second kappa shape index (κ2) is 8.29. The highest BCUT2D eigenvalue weighted by Gasteiger charge is 2.09. The summed E-state index contributed by atoms with van der Waals surface area (Å²) >= 11 is 0. The van der Waals surface area contributed by atoms with Crippen LogP contribution in [0.1, 0.15) is 30.4 Å². The number of hydrogen-bond acceptors (Lipinski definition) is 4. The topological polar surface area (TPSA) is 37.6 Å². The van der Waals surface area contributed by atoms with Crippen molar-refractivity contribution in [2.45, 2.75) is 33.4 Å². The Bertz CT molecular complexity index is 337. The van der Waals surface area contributed by atoms with Crippen LogP contribution in [0.3, 0.4) is 0 Å². The van der Waals surface area contributed by atoms with Crippen LogP contribution in [-0.4, -0.2) is 38.8 Å². The summed E-state index contributed by atoms with van der Waals surface area (Å²) < 4.78 is 10.9. The van der Waals surface area contributed by atoms with Gasteiger partial charge in [0.15, 0.2) is 0 Å². The van der Waals surface area contributed by atoms with E-state index in [4.69, 9.17) is 9.15 Å². The quantitative estimate of drug-likeness (QED) is 0.685. The highest BCUT2D eigenvalue weighted by molar-refractivity contribution is 5.19. The molecule has 1 rings (SSSR count). The predicted molar refractivity (Wildman–Crippen MR) is 73.7 cm³/mol. The van der Waals surface area contributed by atoms with Gasteiger partial charge in [0.2, 0.25) is 0 Å². The van der Waals surface area contributed by atoms with Gasteiger partial charge in [0, 0.05) is 20.3 Å². The Morgan fingerprint density at radius 1 is 1.44 bits per heavy atom. The van der Waals surface area contributed by atoms with Gasteiger partial charge in [0.05, 0.1) is 13.1 Å². The van der Waals surface area contributed by atoms with Gasteiger partial charge in [-0.25, -0.2) is 0 Å². The summed E-state index contributed by atoms with van der Waals surface area (Å²) in [6, 6.07) is 2.14. The summed E-state index contributed by atoms with van der Waals surface area (Å²) in [5, 5.41) is 3.29. The molecule has 0 unspecified atom stereocenters. The first-order valence-electron chi connectivity index (χ1n) is 6.63. The molecule has 0 saturated heterocycles. The number of methoxy groups -OCH3 is 1. The van der Waals surface area contributed by atoms with Crippen molar-refractivity contribution >= 4 is 0 Å². The van der Waals surface area contributed by atoms with Crippen LogP contribution in [0.25, 0.3) is 0 Å². The highest BCUT2D eigenvalue weighted by Crippen LogP contribution is 2.15. The van der Waals surface area contributed by atoms with Crippen molar-refractivity contribution in [3.8, 4) is 0 Å². The van der Waals surface area contributed by atoms with E-state index in [9.17, 15) is 0 Å². The minimum Gasteiger partial charge on any atom is -0.463 e. The second-order valence-electron chi connectivity index (χ2n) is 4.68. The molecule has 0 saturated carbocycles. The van der Waals surface area contributed by atoms with E-state index in [2.05, 4.69) is 37.2 Å². The maximum atomic E-state index is 5.86. The number of aryl methyl sites for hydroxylation is 1. The highest BCUT2D eigenvalue weighted by atomic mass is 16.5. The molecule has 0 aliphatic carbocycles. The van der Waals surface area contributed by atoms with E-state index in [1.807, 2.05) is 0 Å². The van der Waals surface area contributed by atoms with Crippen molar-refractivity contribution in [1.29, 1.82) is 0 Å². The van der Waals surface area contributed by atoms with Crippen LogP contribution < -0.4 is 5.32 Å². The lowest BCUT2D eigenvalue weighted by molar-refractivity contribution is 0.175. The summed E-state index contributed by atoms with van der Waals surface area (Å²) in [7, 11) is 3.85. The summed E-state index contributed by atoms with van der Waals surface area (Å²) in [6.45, 7) is 8.68. The second-order valence-corrected chi connectivity index (χ2v) is 4.68. The van der Waals surface area contributed by atoms with E-state index in [-0.39, 0.29) is 0 Å². The zero-order chi connectivity index (χ0) is 13.4. The molecule has 104 valence electrons. The molecule has 1 N–H and O–H groups in total. The monoisotopic (exact) mass is 254 g/mol. The fourth-order valence-electron chi connectivity index (χ4n) is 1.91. The smallest absolute Gasteiger partial charge is 0.120 e. The molecule has 1 aromatic heterocycles. The third-order valence-corrected chi connectivity index (χ3v) is 2.92. The molecule has 4 heteroatoms. The number of nitrogens with zero attached hydrogens (tertiary/aromatic N) is 1. The normalized spacial score (nSPS) is 11.4. The van der Waals surface area contributed by atoms with Crippen molar-refractivity contribution < 1.29 is 9.15 Å². The molecule has 0 fully saturated rings. The Hall–Kier alpha value is -0.840. The maximum absolute atomic E-state index is 5.86. The molecule has 0 aliphatic rings. The molecule has 1 aromatic rings. The van der Waals surface area contributed by atoms with Gasteiger partial charge < -0.3 is 14.5 Å².